The average molecular weight is 286 g/mol. The fraction of sp³-hybridized carbons (Fsp3) is 0.571. The summed E-state index contributed by atoms with van der Waals surface area (Å²) in [5.74, 6) is 1.90. The minimum absolute atomic E-state index is 0.158. The molecule has 2 fully saturated rings. The molecule has 0 aromatic carbocycles. The number of carbonyl (C=O) groups excluding carboxylic acids is 1. The van der Waals surface area contributed by atoms with Crippen LogP contribution >= 0.6 is 0 Å². The van der Waals surface area contributed by atoms with E-state index in [4.69, 9.17) is 0 Å². The van der Waals surface area contributed by atoms with Crippen molar-refractivity contribution >= 4 is 22.8 Å². The maximum atomic E-state index is 11.5. The summed E-state index contributed by atoms with van der Waals surface area (Å²) in [5, 5.41) is 10.9. The number of hydrogen-bond donors (Lipinski definition) is 2. The number of aryl methyl sites for hydroxylation is 1. The van der Waals surface area contributed by atoms with Crippen molar-refractivity contribution < 1.29 is 4.79 Å². The van der Waals surface area contributed by atoms with Crippen molar-refractivity contribution in [1.29, 1.82) is 0 Å². The van der Waals surface area contributed by atoms with E-state index in [9.17, 15) is 4.79 Å². The van der Waals surface area contributed by atoms with E-state index in [-0.39, 0.29) is 11.3 Å². The van der Waals surface area contributed by atoms with Crippen LogP contribution in [0.4, 0.5) is 5.82 Å². The Hall–Kier alpha value is -2.18. The fourth-order valence-electron chi connectivity index (χ4n) is 3.47. The third-order valence-corrected chi connectivity index (χ3v) is 4.72. The van der Waals surface area contributed by atoms with Gasteiger partial charge >= 0.3 is 0 Å². The van der Waals surface area contributed by atoms with Gasteiger partial charge < -0.3 is 10.2 Å². The SMILES string of the molecule is Cc1nc(N2CCC3(CC2)CNC(=O)C3)c2cn[nH]c2n1. The first-order valence-electron chi connectivity index (χ1n) is 7.35. The molecule has 4 rings (SSSR count). The van der Waals surface area contributed by atoms with E-state index in [1.165, 1.54) is 0 Å². The van der Waals surface area contributed by atoms with Crippen LogP contribution in [-0.2, 0) is 4.79 Å². The largest absolute Gasteiger partial charge is 0.356 e. The number of fused-ring (bicyclic) bond motifs is 1. The minimum atomic E-state index is 0.158. The van der Waals surface area contributed by atoms with Gasteiger partial charge in [0.25, 0.3) is 0 Å². The molecule has 1 spiro atoms. The summed E-state index contributed by atoms with van der Waals surface area (Å²) in [4.78, 5) is 22.7. The Morgan fingerprint density at radius 1 is 1.29 bits per heavy atom. The summed E-state index contributed by atoms with van der Waals surface area (Å²) in [6, 6.07) is 0. The number of anilines is 1. The Kier molecular flexibility index (Phi) is 2.63. The first-order valence-corrected chi connectivity index (χ1v) is 7.35. The molecule has 21 heavy (non-hydrogen) atoms. The maximum Gasteiger partial charge on any atom is 0.220 e. The van der Waals surface area contributed by atoms with Crippen molar-refractivity contribution in [3.63, 3.8) is 0 Å². The van der Waals surface area contributed by atoms with Gasteiger partial charge in [-0.05, 0) is 25.2 Å². The standard InChI is InChI=1S/C14H18N6O/c1-9-17-12-10(7-16-19-12)13(18-9)20-4-2-14(3-5-20)6-11(21)15-8-14/h7H,2-6,8H2,1H3,(H,15,21)(H,16,17,18,19). The predicted molar refractivity (Wildman–Crippen MR) is 77.9 cm³/mol. The van der Waals surface area contributed by atoms with Crippen LogP contribution < -0.4 is 10.2 Å². The second-order valence-electron chi connectivity index (χ2n) is 6.17. The van der Waals surface area contributed by atoms with E-state index < -0.39 is 0 Å². The van der Waals surface area contributed by atoms with Gasteiger partial charge in [0.15, 0.2) is 5.65 Å². The molecule has 1 amide bonds. The number of aromatic nitrogens is 4. The van der Waals surface area contributed by atoms with Crippen LogP contribution in [0, 0.1) is 12.3 Å². The molecule has 0 aliphatic carbocycles. The molecular weight excluding hydrogens is 268 g/mol. The van der Waals surface area contributed by atoms with Gasteiger partial charge in [0.05, 0.1) is 11.6 Å². The van der Waals surface area contributed by atoms with Crippen molar-refractivity contribution in [2.75, 3.05) is 24.5 Å². The normalized spacial score (nSPS) is 21.2. The molecule has 7 heteroatoms. The number of rotatable bonds is 1. The Morgan fingerprint density at radius 2 is 2.10 bits per heavy atom. The van der Waals surface area contributed by atoms with E-state index >= 15 is 0 Å². The molecule has 2 N–H and O–H groups in total. The number of aromatic amines is 1. The predicted octanol–water partition coefficient (Wildman–Crippen LogP) is 0.768. The van der Waals surface area contributed by atoms with E-state index in [0.29, 0.717) is 6.42 Å². The van der Waals surface area contributed by atoms with Crippen molar-refractivity contribution in [2.45, 2.75) is 26.2 Å². The summed E-state index contributed by atoms with van der Waals surface area (Å²) in [7, 11) is 0. The Bertz CT molecular complexity index is 701. The topological polar surface area (TPSA) is 86.8 Å². The monoisotopic (exact) mass is 286 g/mol. The number of nitrogens with zero attached hydrogens (tertiary/aromatic N) is 4. The molecule has 2 aromatic rings. The molecule has 2 saturated heterocycles. The number of piperidine rings is 1. The van der Waals surface area contributed by atoms with Gasteiger partial charge in [-0.2, -0.15) is 5.10 Å². The molecule has 0 saturated carbocycles. The molecule has 2 aromatic heterocycles. The molecule has 0 unspecified atom stereocenters. The Labute approximate surface area is 122 Å². The summed E-state index contributed by atoms with van der Waals surface area (Å²) in [5.41, 5.74) is 0.945. The van der Waals surface area contributed by atoms with Gasteiger partial charge in [-0.3, -0.25) is 9.89 Å². The van der Waals surface area contributed by atoms with Crippen molar-refractivity contribution in [2.24, 2.45) is 5.41 Å². The van der Waals surface area contributed by atoms with Crippen LogP contribution in [0.1, 0.15) is 25.1 Å². The summed E-state index contributed by atoms with van der Waals surface area (Å²) in [6.45, 7) is 4.57. The van der Waals surface area contributed by atoms with Crippen LogP contribution in [0.25, 0.3) is 11.0 Å². The summed E-state index contributed by atoms with van der Waals surface area (Å²) in [6.07, 6.45) is 4.50. The first kappa shape index (κ1) is 12.6. The lowest BCUT2D eigenvalue weighted by Crippen LogP contribution is -2.41. The van der Waals surface area contributed by atoms with Gasteiger partial charge in [-0.15, -0.1) is 0 Å². The third-order valence-electron chi connectivity index (χ3n) is 4.72. The first-order chi connectivity index (χ1) is 10.2. The molecule has 4 heterocycles. The molecule has 7 nitrogen and oxygen atoms in total. The highest BCUT2D eigenvalue weighted by Gasteiger charge is 2.41. The molecule has 2 aliphatic heterocycles. The number of carbonyl (C=O) groups is 1. The summed E-state index contributed by atoms with van der Waals surface area (Å²) >= 11 is 0. The lowest BCUT2D eigenvalue weighted by Gasteiger charge is -2.38. The van der Waals surface area contributed by atoms with Crippen molar-refractivity contribution in [3.05, 3.63) is 12.0 Å². The molecule has 0 radical (unpaired) electrons. The van der Waals surface area contributed by atoms with Gasteiger partial charge in [-0.25, -0.2) is 9.97 Å². The van der Waals surface area contributed by atoms with E-state index in [1.807, 2.05) is 6.92 Å². The zero-order chi connectivity index (χ0) is 14.4. The quantitative estimate of drug-likeness (QED) is 0.808. The maximum absolute atomic E-state index is 11.5. The molecule has 0 bridgehead atoms. The molecule has 0 atom stereocenters. The number of amides is 1. The van der Waals surface area contributed by atoms with Crippen molar-refractivity contribution in [1.82, 2.24) is 25.5 Å². The number of H-pyrrole nitrogens is 1. The molecule has 2 aliphatic rings. The van der Waals surface area contributed by atoms with E-state index in [0.717, 1.165) is 55.2 Å². The molecule has 110 valence electrons. The highest BCUT2D eigenvalue weighted by atomic mass is 16.1. The Balaban J connectivity index is 1.60. The smallest absolute Gasteiger partial charge is 0.220 e. The van der Waals surface area contributed by atoms with Gasteiger partial charge in [0.1, 0.15) is 11.6 Å². The number of nitrogens with one attached hydrogen (secondary N) is 2. The van der Waals surface area contributed by atoms with Gasteiger partial charge in [-0.1, -0.05) is 0 Å². The van der Waals surface area contributed by atoms with Crippen molar-refractivity contribution in [3.8, 4) is 0 Å². The summed E-state index contributed by atoms with van der Waals surface area (Å²) < 4.78 is 0. The van der Waals surface area contributed by atoms with Crippen LogP contribution in [0.5, 0.6) is 0 Å². The van der Waals surface area contributed by atoms with Gasteiger partial charge in [0.2, 0.25) is 5.91 Å². The fourth-order valence-corrected chi connectivity index (χ4v) is 3.47. The highest BCUT2D eigenvalue weighted by Crippen LogP contribution is 2.39. The van der Waals surface area contributed by atoms with E-state index in [2.05, 4.69) is 30.4 Å². The van der Waals surface area contributed by atoms with Crippen LogP contribution in [0.3, 0.4) is 0 Å². The van der Waals surface area contributed by atoms with Crippen LogP contribution in [0.15, 0.2) is 6.20 Å². The third kappa shape index (κ3) is 2.03. The zero-order valence-electron chi connectivity index (χ0n) is 12.0. The lowest BCUT2D eigenvalue weighted by atomic mass is 9.77. The lowest BCUT2D eigenvalue weighted by molar-refractivity contribution is -0.119. The Morgan fingerprint density at radius 3 is 2.81 bits per heavy atom. The number of hydrogen-bond acceptors (Lipinski definition) is 5. The highest BCUT2D eigenvalue weighted by molar-refractivity contribution is 5.86. The van der Waals surface area contributed by atoms with E-state index in [1.54, 1.807) is 6.20 Å². The molecular formula is C14H18N6O. The van der Waals surface area contributed by atoms with Crippen LogP contribution in [0.2, 0.25) is 0 Å². The minimum Gasteiger partial charge on any atom is -0.356 e. The average Bonchev–Trinajstić information content (AvgIpc) is 3.06. The van der Waals surface area contributed by atoms with Gasteiger partial charge in [0, 0.05) is 26.1 Å². The second kappa shape index (κ2) is 4.41. The zero-order valence-corrected chi connectivity index (χ0v) is 12.0. The second-order valence-corrected chi connectivity index (χ2v) is 6.17. The van der Waals surface area contributed by atoms with Crippen LogP contribution in [-0.4, -0.2) is 45.7 Å².